The van der Waals surface area contributed by atoms with Crippen LogP contribution in [-0.4, -0.2) is 44.3 Å². The molecule has 11 heteroatoms. The summed E-state index contributed by atoms with van der Waals surface area (Å²) in [5, 5.41) is 2.48. The van der Waals surface area contributed by atoms with Gasteiger partial charge in [0.05, 0.1) is 27.2 Å². The average molecular weight is 602 g/mol. The summed E-state index contributed by atoms with van der Waals surface area (Å²) in [6.07, 6.45) is 1.01. The summed E-state index contributed by atoms with van der Waals surface area (Å²) in [5.74, 6) is -2.05. The predicted octanol–water partition coefficient (Wildman–Crippen LogP) is 5.98. The number of rotatable bonds is 5. The molecule has 1 unspecified atom stereocenters. The van der Waals surface area contributed by atoms with Gasteiger partial charge in [-0.3, -0.25) is 13.9 Å². The van der Waals surface area contributed by atoms with Gasteiger partial charge in [0.1, 0.15) is 11.6 Å². The van der Waals surface area contributed by atoms with Crippen LogP contribution in [0.2, 0.25) is 5.02 Å². The number of carbonyl (C=O) groups is 2. The Morgan fingerprint density at radius 1 is 1.02 bits per heavy atom. The molecular formula is C30H30ClF2N3O4S. The van der Waals surface area contributed by atoms with Crippen LogP contribution in [0, 0.1) is 17.6 Å². The molecule has 0 radical (unpaired) electrons. The molecule has 1 fully saturated rings. The van der Waals surface area contributed by atoms with E-state index in [1.165, 1.54) is 35.5 Å². The first-order valence-electron chi connectivity index (χ1n) is 13.3. The molecular weight excluding hydrogens is 572 g/mol. The highest BCUT2D eigenvalue weighted by Gasteiger charge is 2.56. The molecule has 2 aliphatic rings. The lowest BCUT2D eigenvalue weighted by atomic mass is 9.66. The van der Waals surface area contributed by atoms with Crippen molar-refractivity contribution in [3.63, 3.8) is 0 Å². The monoisotopic (exact) mass is 601 g/mol. The smallest absolute Gasteiger partial charge is 0.264 e. The number of hydrogen-bond donors (Lipinski definition) is 1. The van der Waals surface area contributed by atoms with E-state index in [1.54, 1.807) is 23.1 Å². The van der Waals surface area contributed by atoms with Gasteiger partial charge in [-0.1, -0.05) is 31.5 Å². The standard InChI is InChI=1S/C30H30ClF2N3O4S/c1-18(2)28-30(13-15-35(16-14-30)19(3)37)24-17-21(34-29(38)23-5-4-6-25(33)27(23)31)9-12-26(24)36(28)41(39,40)22-10-7-20(32)8-11-22/h4-12,17-18,28H,13-16H2,1-3H3,(H,34,38). The molecule has 1 saturated heterocycles. The van der Waals surface area contributed by atoms with Crippen LogP contribution in [-0.2, 0) is 20.2 Å². The largest absolute Gasteiger partial charge is 0.343 e. The molecule has 0 saturated carbocycles. The SMILES string of the molecule is CC(=O)N1CCC2(CC1)c1cc(NC(=O)c3cccc(F)c3Cl)ccc1N(S(=O)(=O)c1ccc(F)cc1)C2C(C)C. The normalized spacial score (nSPS) is 18.1. The molecule has 1 spiro atoms. The van der Waals surface area contributed by atoms with E-state index < -0.39 is 39.0 Å². The van der Waals surface area contributed by atoms with Crippen molar-refractivity contribution in [2.45, 2.75) is 50.0 Å². The molecule has 216 valence electrons. The lowest BCUT2D eigenvalue weighted by Gasteiger charge is -2.46. The Hall–Kier alpha value is -3.50. The second-order valence-corrected chi connectivity index (χ2v) is 13.1. The van der Waals surface area contributed by atoms with E-state index in [0.717, 1.165) is 23.8 Å². The highest BCUT2D eigenvalue weighted by molar-refractivity contribution is 7.92. The Balaban J connectivity index is 1.63. The first-order valence-corrected chi connectivity index (χ1v) is 15.1. The van der Waals surface area contributed by atoms with Crippen LogP contribution in [0.4, 0.5) is 20.2 Å². The Kier molecular flexibility index (Phi) is 7.59. The Labute approximate surface area is 243 Å². The topological polar surface area (TPSA) is 86.8 Å². The van der Waals surface area contributed by atoms with Crippen LogP contribution >= 0.6 is 11.6 Å². The van der Waals surface area contributed by atoms with Gasteiger partial charge in [-0.05, 0) is 78.9 Å². The van der Waals surface area contributed by atoms with Crippen molar-refractivity contribution >= 4 is 44.8 Å². The van der Waals surface area contributed by atoms with Crippen molar-refractivity contribution in [2.75, 3.05) is 22.7 Å². The molecule has 41 heavy (non-hydrogen) atoms. The number of hydrogen-bond acceptors (Lipinski definition) is 4. The third-order valence-electron chi connectivity index (χ3n) is 8.15. The molecule has 5 rings (SSSR count). The van der Waals surface area contributed by atoms with Crippen molar-refractivity contribution in [2.24, 2.45) is 5.92 Å². The molecule has 0 aliphatic carbocycles. The third kappa shape index (κ3) is 4.97. The second kappa shape index (κ2) is 10.7. The lowest BCUT2D eigenvalue weighted by molar-refractivity contribution is -0.130. The zero-order valence-electron chi connectivity index (χ0n) is 22.8. The summed E-state index contributed by atoms with van der Waals surface area (Å²) >= 11 is 6.03. The van der Waals surface area contributed by atoms with Gasteiger partial charge < -0.3 is 10.2 Å². The van der Waals surface area contributed by atoms with E-state index in [0.29, 0.717) is 37.3 Å². The quantitative estimate of drug-likeness (QED) is 0.390. The number of anilines is 2. The zero-order chi connectivity index (χ0) is 29.7. The maximum absolute atomic E-state index is 14.2. The van der Waals surface area contributed by atoms with Crippen LogP contribution in [0.3, 0.4) is 0 Å². The van der Waals surface area contributed by atoms with Gasteiger partial charge in [-0.2, -0.15) is 0 Å². The summed E-state index contributed by atoms with van der Waals surface area (Å²) in [6, 6.07) is 13.2. The van der Waals surface area contributed by atoms with Crippen LogP contribution in [0.25, 0.3) is 0 Å². The van der Waals surface area contributed by atoms with Crippen LogP contribution in [0.15, 0.2) is 65.6 Å². The molecule has 0 aromatic heterocycles. The van der Waals surface area contributed by atoms with Crippen LogP contribution < -0.4 is 9.62 Å². The van der Waals surface area contributed by atoms with Crippen LogP contribution in [0.1, 0.15) is 49.5 Å². The minimum atomic E-state index is -4.12. The van der Waals surface area contributed by atoms with Crippen molar-refractivity contribution in [3.8, 4) is 0 Å². The van der Waals surface area contributed by atoms with E-state index in [2.05, 4.69) is 5.32 Å². The Bertz CT molecular complexity index is 1620. The number of benzene rings is 3. The number of nitrogens with one attached hydrogen (secondary N) is 1. The number of carbonyl (C=O) groups excluding carboxylic acids is 2. The summed E-state index contributed by atoms with van der Waals surface area (Å²) in [6.45, 7) is 6.31. The fraction of sp³-hybridized carbons (Fsp3) is 0.333. The number of piperidine rings is 1. The summed E-state index contributed by atoms with van der Waals surface area (Å²) in [7, 11) is -4.12. The van der Waals surface area contributed by atoms with Gasteiger partial charge in [0, 0.05) is 31.1 Å². The molecule has 1 atom stereocenters. The predicted molar refractivity (Wildman–Crippen MR) is 154 cm³/mol. The summed E-state index contributed by atoms with van der Waals surface area (Å²) in [5.41, 5.74) is 0.891. The fourth-order valence-electron chi connectivity index (χ4n) is 6.31. The number of likely N-dealkylation sites (tertiary alicyclic amines) is 1. The van der Waals surface area contributed by atoms with E-state index in [4.69, 9.17) is 11.6 Å². The Morgan fingerprint density at radius 3 is 2.29 bits per heavy atom. The molecule has 2 amide bonds. The molecule has 3 aromatic carbocycles. The fourth-order valence-corrected chi connectivity index (χ4v) is 8.39. The van der Waals surface area contributed by atoms with Crippen LogP contribution in [0.5, 0.6) is 0 Å². The van der Waals surface area contributed by atoms with Crippen molar-refractivity contribution in [1.82, 2.24) is 4.90 Å². The highest BCUT2D eigenvalue weighted by Crippen LogP contribution is 2.55. The van der Waals surface area contributed by atoms with Crippen molar-refractivity contribution in [1.29, 1.82) is 0 Å². The molecule has 2 aliphatic heterocycles. The summed E-state index contributed by atoms with van der Waals surface area (Å²) in [4.78, 5) is 26.9. The van der Waals surface area contributed by atoms with Crippen molar-refractivity contribution in [3.05, 3.63) is 88.4 Å². The summed E-state index contributed by atoms with van der Waals surface area (Å²) < 4.78 is 57.4. The van der Waals surface area contributed by atoms with Gasteiger partial charge >= 0.3 is 0 Å². The minimum Gasteiger partial charge on any atom is -0.343 e. The average Bonchev–Trinajstić information content (AvgIpc) is 3.20. The lowest BCUT2D eigenvalue weighted by Crippen LogP contribution is -2.55. The van der Waals surface area contributed by atoms with E-state index in [1.807, 2.05) is 13.8 Å². The first kappa shape index (κ1) is 29.0. The van der Waals surface area contributed by atoms with E-state index in [9.17, 15) is 26.8 Å². The van der Waals surface area contributed by atoms with Gasteiger partial charge in [0.2, 0.25) is 5.91 Å². The van der Waals surface area contributed by atoms with E-state index >= 15 is 0 Å². The molecule has 2 heterocycles. The van der Waals surface area contributed by atoms with Gasteiger partial charge in [0.25, 0.3) is 15.9 Å². The molecule has 1 N–H and O–H groups in total. The van der Waals surface area contributed by atoms with Gasteiger partial charge in [-0.15, -0.1) is 0 Å². The Morgan fingerprint density at radius 2 is 1.68 bits per heavy atom. The molecule has 3 aromatic rings. The number of nitrogens with zero attached hydrogens (tertiary/aromatic N) is 2. The van der Waals surface area contributed by atoms with E-state index in [-0.39, 0.29) is 27.3 Å². The number of halogens is 3. The van der Waals surface area contributed by atoms with Gasteiger partial charge in [-0.25, -0.2) is 17.2 Å². The number of fused-ring (bicyclic) bond motifs is 2. The second-order valence-electron chi connectivity index (χ2n) is 10.9. The maximum Gasteiger partial charge on any atom is 0.264 e. The maximum atomic E-state index is 14.2. The first-order chi connectivity index (χ1) is 19.4. The molecule has 0 bridgehead atoms. The highest BCUT2D eigenvalue weighted by atomic mass is 35.5. The molecule has 7 nitrogen and oxygen atoms in total. The van der Waals surface area contributed by atoms with Crippen molar-refractivity contribution < 1.29 is 26.8 Å². The van der Waals surface area contributed by atoms with Gasteiger partial charge in [0.15, 0.2) is 0 Å². The zero-order valence-corrected chi connectivity index (χ0v) is 24.4. The number of sulfonamides is 1. The third-order valence-corrected chi connectivity index (χ3v) is 10.3. The number of amides is 2. The minimum absolute atomic E-state index is 0.0304.